The van der Waals surface area contributed by atoms with Gasteiger partial charge in [0.2, 0.25) is 6.04 Å². The predicted molar refractivity (Wildman–Crippen MR) is 58.6 cm³/mol. The van der Waals surface area contributed by atoms with Gasteiger partial charge in [0.25, 0.3) is 0 Å². The maximum Gasteiger partial charge on any atom is 0.245 e. The molecule has 74 valence electrons. The zero-order valence-corrected chi connectivity index (χ0v) is 8.46. The topological polar surface area (TPSA) is 22.2 Å². The molecule has 3 heteroatoms. The molecular weight excluding hydrogens is 186 g/mol. The Morgan fingerprint density at radius 2 is 2.07 bits per heavy atom. The summed E-state index contributed by atoms with van der Waals surface area (Å²) in [5.41, 5.74) is 2.06. The van der Waals surface area contributed by atoms with Crippen LogP contribution in [0.15, 0.2) is 42.7 Å². The van der Waals surface area contributed by atoms with E-state index in [2.05, 4.69) is 9.94 Å². The van der Waals surface area contributed by atoms with Crippen molar-refractivity contribution in [3.8, 4) is 5.69 Å². The molecule has 0 N–H and O–H groups in total. The zero-order valence-electron chi connectivity index (χ0n) is 8.46. The molecule has 0 aliphatic heterocycles. The van der Waals surface area contributed by atoms with Crippen molar-refractivity contribution in [1.29, 1.82) is 0 Å². The molecule has 0 radical (unpaired) electrons. The molecule has 1 aromatic heterocycles. The highest BCUT2D eigenvalue weighted by Crippen LogP contribution is 2.17. The van der Waals surface area contributed by atoms with Gasteiger partial charge in [-0.1, -0.05) is 0 Å². The summed E-state index contributed by atoms with van der Waals surface area (Å²) in [5, 5.41) is 4.14. The summed E-state index contributed by atoms with van der Waals surface area (Å²) >= 11 is 0. The van der Waals surface area contributed by atoms with Gasteiger partial charge in [0.15, 0.2) is 0 Å². The first-order chi connectivity index (χ1) is 7.31. The summed E-state index contributed by atoms with van der Waals surface area (Å²) in [4.78, 5) is 3.48. The SMILES string of the molecule is [C-]#[N+]C(C)c1ccc(-n2cccn2)cc1. The van der Waals surface area contributed by atoms with E-state index < -0.39 is 0 Å². The summed E-state index contributed by atoms with van der Waals surface area (Å²) < 4.78 is 1.80. The molecule has 1 aromatic carbocycles. The minimum absolute atomic E-state index is 0.0725. The Kier molecular flexibility index (Phi) is 2.51. The van der Waals surface area contributed by atoms with Gasteiger partial charge in [0.1, 0.15) is 0 Å². The van der Waals surface area contributed by atoms with Crippen LogP contribution in [0.1, 0.15) is 18.5 Å². The molecule has 0 bridgehead atoms. The monoisotopic (exact) mass is 197 g/mol. The number of rotatable bonds is 2. The van der Waals surface area contributed by atoms with Crippen LogP contribution < -0.4 is 0 Å². The van der Waals surface area contributed by atoms with Crippen LogP contribution in [0, 0.1) is 6.57 Å². The van der Waals surface area contributed by atoms with Crippen LogP contribution in [-0.2, 0) is 0 Å². The highest BCUT2D eigenvalue weighted by molar-refractivity contribution is 5.35. The molecule has 2 rings (SSSR count). The maximum atomic E-state index is 6.95. The zero-order chi connectivity index (χ0) is 10.7. The molecule has 0 saturated carbocycles. The fraction of sp³-hybridized carbons (Fsp3) is 0.167. The van der Waals surface area contributed by atoms with Crippen molar-refractivity contribution < 1.29 is 0 Å². The van der Waals surface area contributed by atoms with E-state index >= 15 is 0 Å². The standard InChI is InChI=1S/C12H11N3/c1-10(13-2)11-4-6-12(7-5-11)15-9-3-8-14-15/h3-10H,1H3. The Bertz CT molecular complexity index is 463. The highest BCUT2D eigenvalue weighted by Gasteiger charge is 2.07. The Balaban J connectivity index is 2.30. The summed E-state index contributed by atoms with van der Waals surface area (Å²) in [7, 11) is 0. The van der Waals surface area contributed by atoms with Gasteiger partial charge in [-0.2, -0.15) is 5.10 Å². The molecule has 0 fully saturated rings. The van der Waals surface area contributed by atoms with Crippen molar-refractivity contribution in [1.82, 2.24) is 9.78 Å². The van der Waals surface area contributed by atoms with Crippen molar-refractivity contribution in [3.63, 3.8) is 0 Å². The largest absolute Gasteiger partial charge is 0.309 e. The molecule has 2 aromatic rings. The second-order valence-corrected chi connectivity index (χ2v) is 3.35. The van der Waals surface area contributed by atoms with Gasteiger partial charge in [-0.05, 0) is 30.3 Å². The molecule has 1 heterocycles. The quantitative estimate of drug-likeness (QED) is 0.678. The van der Waals surface area contributed by atoms with E-state index in [1.54, 1.807) is 10.9 Å². The third-order valence-electron chi connectivity index (χ3n) is 2.34. The summed E-state index contributed by atoms with van der Waals surface area (Å²) in [6.07, 6.45) is 3.64. The van der Waals surface area contributed by atoms with E-state index in [1.165, 1.54) is 0 Å². The van der Waals surface area contributed by atoms with E-state index in [-0.39, 0.29) is 6.04 Å². The van der Waals surface area contributed by atoms with Crippen LogP contribution in [0.25, 0.3) is 10.5 Å². The van der Waals surface area contributed by atoms with Crippen molar-refractivity contribution >= 4 is 0 Å². The van der Waals surface area contributed by atoms with Crippen LogP contribution in [-0.4, -0.2) is 9.78 Å². The van der Waals surface area contributed by atoms with Crippen molar-refractivity contribution in [2.75, 3.05) is 0 Å². The van der Waals surface area contributed by atoms with Crippen LogP contribution in [0.3, 0.4) is 0 Å². The van der Waals surface area contributed by atoms with E-state index in [4.69, 9.17) is 6.57 Å². The van der Waals surface area contributed by atoms with Gasteiger partial charge < -0.3 is 4.85 Å². The summed E-state index contributed by atoms with van der Waals surface area (Å²) in [6.45, 7) is 8.85. The normalized spacial score (nSPS) is 12.0. The molecule has 0 aliphatic rings. The second kappa shape index (κ2) is 3.97. The van der Waals surface area contributed by atoms with Gasteiger partial charge in [-0.15, -0.1) is 0 Å². The van der Waals surface area contributed by atoms with E-state index in [0.717, 1.165) is 11.3 Å². The average Bonchev–Trinajstić information content (AvgIpc) is 2.82. The van der Waals surface area contributed by atoms with Crippen LogP contribution in [0.4, 0.5) is 0 Å². The van der Waals surface area contributed by atoms with Crippen LogP contribution in [0.2, 0.25) is 0 Å². The fourth-order valence-electron chi connectivity index (χ4n) is 1.40. The lowest BCUT2D eigenvalue weighted by Crippen LogP contribution is -1.94. The first kappa shape index (κ1) is 9.47. The van der Waals surface area contributed by atoms with Gasteiger partial charge in [-0.25, -0.2) is 11.3 Å². The number of hydrogen-bond acceptors (Lipinski definition) is 1. The number of nitrogens with zero attached hydrogens (tertiary/aromatic N) is 3. The van der Waals surface area contributed by atoms with E-state index in [9.17, 15) is 0 Å². The van der Waals surface area contributed by atoms with E-state index in [0.29, 0.717) is 0 Å². The Labute approximate surface area is 88.8 Å². The lowest BCUT2D eigenvalue weighted by molar-refractivity contribution is 0.876. The van der Waals surface area contributed by atoms with Gasteiger partial charge in [0.05, 0.1) is 5.69 Å². The molecule has 1 unspecified atom stereocenters. The lowest BCUT2D eigenvalue weighted by atomic mass is 10.1. The Hall–Kier alpha value is -2.08. The smallest absolute Gasteiger partial charge is 0.245 e. The van der Waals surface area contributed by atoms with Crippen molar-refractivity contribution in [3.05, 3.63) is 59.7 Å². The predicted octanol–water partition coefficient (Wildman–Crippen LogP) is 2.85. The van der Waals surface area contributed by atoms with E-state index in [1.807, 2.05) is 43.5 Å². The summed E-state index contributed by atoms with van der Waals surface area (Å²) in [5.74, 6) is 0. The summed E-state index contributed by atoms with van der Waals surface area (Å²) in [6, 6.07) is 9.71. The van der Waals surface area contributed by atoms with Gasteiger partial charge in [0, 0.05) is 24.9 Å². The fourth-order valence-corrected chi connectivity index (χ4v) is 1.40. The number of hydrogen-bond donors (Lipinski definition) is 0. The van der Waals surface area contributed by atoms with Crippen LogP contribution >= 0.6 is 0 Å². The second-order valence-electron chi connectivity index (χ2n) is 3.35. The number of aromatic nitrogens is 2. The third-order valence-corrected chi connectivity index (χ3v) is 2.34. The first-order valence-electron chi connectivity index (χ1n) is 4.78. The minimum atomic E-state index is -0.0725. The minimum Gasteiger partial charge on any atom is -0.309 e. The molecule has 0 amide bonds. The lowest BCUT2D eigenvalue weighted by Gasteiger charge is -2.03. The van der Waals surface area contributed by atoms with Gasteiger partial charge >= 0.3 is 0 Å². The Morgan fingerprint density at radius 3 is 2.60 bits per heavy atom. The first-order valence-corrected chi connectivity index (χ1v) is 4.78. The van der Waals surface area contributed by atoms with Crippen molar-refractivity contribution in [2.45, 2.75) is 13.0 Å². The third kappa shape index (κ3) is 1.89. The molecule has 3 nitrogen and oxygen atoms in total. The highest BCUT2D eigenvalue weighted by atomic mass is 15.3. The van der Waals surface area contributed by atoms with Gasteiger partial charge in [-0.3, -0.25) is 0 Å². The average molecular weight is 197 g/mol. The Morgan fingerprint density at radius 1 is 1.33 bits per heavy atom. The van der Waals surface area contributed by atoms with Crippen LogP contribution in [0.5, 0.6) is 0 Å². The molecule has 0 spiro atoms. The van der Waals surface area contributed by atoms with Crippen molar-refractivity contribution in [2.24, 2.45) is 0 Å². The molecule has 1 atom stereocenters. The molecular formula is C12H11N3. The number of benzene rings is 1. The maximum absolute atomic E-state index is 6.95. The molecule has 0 saturated heterocycles. The molecule has 0 aliphatic carbocycles. The molecule has 15 heavy (non-hydrogen) atoms.